The van der Waals surface area contributed by atoms with Crippen molar-refractivity contribution in [1.82, 2.24) is 9.80 Å². The number of nitrogens with two attached hydrogens (primary N) is 1. The fourth-order valence-electron chi connectivity index (χ4n) is 2.61. The summed E-state index contributed by atoms with van der Waals surface area (Å²) in [7, 11) is 0. The summed E-state index contributed by atoms with van der Waals surface area (Å²) in [4.78, 5) is 16.4. The molecule has 0 saturated carbocycles. The highest BCUT2D eigenvalue weighted by Gasteiger charge is 2.41. The molecule has 3 unspecified atom stereocenters. The second-order valence-electron chi connectivity index (χ2n) is 5.96. The predicted molar refractivity (Wildman–Crippen MR) is 73.0 cm³/mol. The number of halogens is 1. The van der Waals surface area contributed by atoms with E-state index >= 15 is 0 Å². The van der Waals surface area contributed by atoms with Gasteiger partial charge in [-0.25, -0.2) is 4.79 Å². The number of nitrogens with zero attached hydrogens (tertiary/aromatic N) is 2. The van der Waals surface area contributed by atoms with Gasteiger partial charge in [0.2, 0.25) is 0 Å². The summed E-state index contributed by atoms with van der Waals surface area (Å²) in [6.07, 6.45) is 0.845. The smallest absolute Gasteiger partial charge is 0.410 e. The Morgan fingerprint density at radius 1 is 1.39 bits per heavy atom. The lowest BCUT2D eigenvalue weighted by Crippen LogP contribution is -2.57. The average Bonchev–Trinajstić information content (AvgIpc) is 2.60. The van der Waals surface area contributed by atoms with Crippen LogP contribution < -0.4 is 5.73 Å². The van der Waals surface area contributed by atoms with E-state index in [0.29, 0.717) is 25.2 Å². The Bertz CT molecular complexity index is 306. The molecule has 6 heteroatoms. The Balaban J connectivity index is 0.00000162. The molecule has 2 bridgehead atoms. The van der Waals surface area contributed by atoms with Crippen LogP contribution in [0.1, 0.15) is 27.2 Å². The van der Waals surface area contributed by atoms with E-state index in [1.165, 1.54) is 0 Å². The molecule has 0 radical (unpaired) electrons. The minimum atomic E-state index is -0.426. The molecular formula is C12H24ClN3O2. The molecule has 2 aliphatic rings. The fraction of sp³-hybridized carbons (Fsp3) is 0.917. The zero-order valence-corrected chi connectivity index (χ0v) is 12.2. The van der Waals surface area contributed by atoms with Gasteiger partial charge in [-0.15, -0.1) is 12.4 Å². The maximum atomic E-state index is 12.1. The monoisotopic (exact) mass is 277 g/mol. The van der Waals surface area contributed by atoms with Gasteiger partial charge in [-0.1, -0.05) is 0 Å². The summed E-state index contributed by atoms with van der Waals surface area (Å²) in [5, 5.41) is 0. The molecule has 5 nitrogen and oxygen atoms in total. The Hall–Kier alpha value is -0.520. The number of carbonyl (C=O) groups is 1. The Morgan fingerprint density at radius 3 is 2.61 bits per heavy atom. The van der Waals surface area contributed by atoms with Gasteiger partial charge < -0.3 is 15.4 Å². The molecule has 3 atom stereocenters. The van der Waals surface area contributed by atoms with E-state index in [1.54, 1.807) is 0 Å². The number of carbonyl (C=O) groups excluding carboxylic acids is 1. The number of hydrogen-bond donors (Lipinski definition) is 1. The van der Waals surface area contributed by atoms with Crippen molar-refractivity contribution in [1.29, 1.82) is 0 Å². The van der Waals surface area contributed by atoms with Crippen molar-refractivity contribution < 1.29 is 9.53 Å². The molecule has 0 aromatic rings. The van der Waals surface area contributed by atoms with E-state index in [9.17, 15) is 4.79 Å². The van der Waals surface area contributed by atoms with E-state index in [4.69, 9.17) is 10.5 Å². The largest absolute Gasteiger partial charge is 0.444 e. The number of amides is 1. The molecule has 1 amide bonds. The summed E-state index contributed by atoms with van der Waals surface area (Å²) in [6.45, 7) is 9.00. The average molecular weight is 278 g/mol. The Kier molecular flexibility index (Phi) is 4.86. The van der Waals surface area contributed by atoms with Gasteiger partial charge in [0, 0.05) is 38.3 Å². The fourth-order valence-corrected chi connectivity index (χ4v) is 2.61. The van der Waals surface area contributed by atoms with Crippen LogP contribution >= 0.6 is 12.4 Å². The predicted octanol–water partition coefficient (Wildman–Crippen LogP) is 1.06. The van der Waals surface area contributed by atoms with E-state index in [1.807, 2.05) is 25.7 Å². The molecule has 0 spiro atoms. The lowest BCUT2D eigenvalue weighted by molar-refractivity contribution is 0.00271. The van der Waals surface area contributed by atoms with Crippen LogP contribution in [0, 0.1) is 0 Å². The van der Waals surface area contributed by atoms with Crippen molar-refractivity contribution in [2.45, 2.75) is 44.9 Å². The molecule has 2 saturated heterocycles. The normalized spacial score (nSPS) is 30.9. The summed E-state index contributed by atoms with van der Waals surface area (Å²) >= 11 is 0. The van der Waals surface area contributed by atoms with Crippen LogP contribution in [0.5, 0.6) is 0 Å². The summed E-state index contributed by atoms with van der Waals surface area (Å²) < 4.78 is 5.45. The molecule has 0 aromatic carbocycles. The van der Waals surface area contributed by atoms with Crippen molar-refractivity contribution in [3.8, 4) is 0 Å². The van der Waals surface area contributed by atoms with Gasteiger partial charge >= 0.3 is 6.09 Å². The maximum Gasteiger partial charge on any atom is 0.410 e. The summed E-state index contributed by atoms with van der Waals surface area (Å²) in [5.41, 5.74) is 5.33. The first-order valence-electron chi connectivity index (χ1n) is 6.34. The summed E-state index contributed by atoms with van der Waals surface area (Å²) in [6, 6.07) is 0.605. The second kappa shape index (κ2) is 5.63. The minimum Gasteiger partial charge on any atom is -0.444 e. The second-order valence-corrected chi connectivity index (χ2v) is 5.96. The van der Waals surface area contributed by atoms with Crippen LogP contribution in [0.4, 0.5) is 4.79 Å². The zero-order chi connectivity index (χ0) is 12.6. The molecule has 106 valence electrons. The molecule has 2 aliphatic heterocycles. The van der Waals surface area contributed by atoms with Crippen LogP contribution in [0.15, 0.2) is 0 Å². The highest BCUT2D eigenvalue weighted by atomic mass is 35.5. The first kappa shape index (κ1) is 15.5. The number of rotatable bonds is 1. The molecule has 2 heterocycles. The highest BCUT2D eigenvalue weighted by molar-refractivity contribution is 5.85. The minimum absolute atomic E-state index is 0. The Morgan fingerprint density at radius 2 is 2.06 bits per heavy atom. The van der Waals surface area contributed by atoms with E-state index in [2.05, 4.69) is 4.90 Å². The number of ether oxygens (including phenoxy) is 1. The number of piperazine rings is 1. The first-order valence-corrected chi connectivity index (χ1v) is 6.34. The van der Waals surface area contributed by atoms with Gasteiger partial charge in [0.25, 0.3) is 0 Å². The number of hydrogen-bond acceptors (Lipinski definition) is 4. The van der Waals surface area contributed by atoms with Gasteiger partial charge in [-0.05, 0) is 27.2 Å². The van der Waals surface area contributed by atoms with E-state index < -0.39 is 5.60 Å². The standard InChI is InChI=1S/C12H23N3O2.ClH/c1-12(2,3)17-11(16)15-8-10(6-13)14-5-4-9(15)7-14;/h9-10H,4-8,13H2,1-3H3;1H. The number of fused-ring (bicyclic) bond motifs is 2. The van der Waals surface area contributed by atoms with Crippen LogP contribution in [0.2, 0.25) is 0 Å². The van der Waals surface area contributed by atoms with Gasteiger partial charge in [0.1, 0.15) is 5.60 Å². The maximum absolute atomic E-state index is 12.1. The zero-order valence-electron chi connectivity index (χ0n) is 11.4. The van der Waals surface area contributed by atoms with Gasteiger partial charge in [-0.2, -0.15) is 0 Å². The SMILES string of the molecule is CC(C)(C)OC(=O)N1CC(CN)N2CCC1C2.Cl. The summed E-state index contributed by atoms with van der Waals surface area (Å²) in [5.74, 6) is 0. The topological polar surface area (TPSA) is 58.8 Å². The third-order valence-electron chi connectivity index (χ3n) is 3.46. The molecule has 0 aromatic heterocycles. The van der Waals surface area contributed by atoms with Crippen molar-refractivity contribution in [3.05, 3.63) is 0 Å². The molecule has 2 fully saturated rings. The molecule has 0 aliphatic carbocycles. The highest BCUT2D eigenvalue weighted by Crippen LogP contribution is 2.26. The molecule has 2 rings (SSSR count). The molecule has 2 N–H and O–H groups in total. The lowest BCUT2D eigenvalue weighted by atomic mass is 10.1. The van der Waals surface area contributed by atoms with Crippen LogP contribution in [0.25, 0.3) is 0 Å². The van der Waals surface area contributed by atoms with Crippen LogP contribution in [0.3, 0.4) is 0 Å². The third kappa shape index (κ3) is 3.28. The van der Waals surface area contributed by atoms with Crippen molar-refractivity contribution in [2.75, 3.05) is 26.2 Å². The Labute approximate surface area is 115 Å². The van der Waals surface area contributed by atoms with Gasteiger partial charge in [-0.3, -0.25) is 4.90 Å². The quantitative estimate of drug-likeness (QED) is 0.779. The van der Waals surface area contributed by atoms with Gasteiger partial charge in [0.15, 0.2) is 0 Å². The van der Waals surface area contributed by atoms with Crippen LogP contribution in [-0.2, 0) is 4.74 Å². The van der Waals surface area contributed by atoms with Crippen molar-refractivity contribution in [3.63, 3.8) is 0 Å². The van der Waals surface area contributed by atoms with Crippen LogP contribution in [-0.4, -0.2) is 59.8 Å². The van der Waals surface area contributed by atoms with E-state index in [-0.39, 0.29) is 18.5 Å². The molecule has 18 heavy (non-hydrogen) atoms. The van der Waals surface area contributed by atoms with E-state index in [0.717, 1.165) is 19.5 Å². The molecular weight excluding hydrogens is 254 g/mol. The van der Waals surface area contributed by atoms with Crippen molar-refractivity contribution in [2.24, 2.45) is 5.73 Å². The first-order chi connectivity index (χ1) is 7.90. The van der Waals surface area contributed by atoms with Crippen molar-refractivity contribution >= 4 is 18.5 Å². The van der Waals surface area contributed by atoms with Gasteiger partial charge in [0.05, 0.1) is 0 Å². The third-order valence-corrected chi connectivity index (χ3v) is 3.46. The lowest BCUT2D eigenvalue weighted by Gasteiger charge is -2.40.